The topological polar surface area (TPSA) is 99.8 Å². The molecule has 0 saturated carbocycles. The number of amides is 3. The fourth-order valence-corrected chi connectivity index (χ4v) is 6.18. The largest absolute Gasteiger partial charge is 0.377 e. The molecule has 3 amide bonds. The van der Waals surface area contributed by atoms with E-state index in [1.807, 2.05) is 49.4 Å². The first-order valence-electron chi connectivity index (χ1n) is 14.4. The van der Waals surface area contributed by atoms with E-state index in [2.05, 4.69) is 16.0 Å². The van der Waals surface area contributed by atoms with E-state index < -0.39 is 18.1 Å². The molecule has 42 heavy (non-hydrogen) atoms. The minimum absolute atomic E-state index is 0.0812. The van der Waals surface area contributed by atoms with E-state index in [0.29, 0.717) is 27.4 Å². The van der Waals surface area contributed by atoms with Crippen molar-refractivity contribution in [1.82, 2.24) is 16.0 Å². The number of fused-ring (bicyclic) bond motifs is 1. The van der Waals surface area contributed by atoms with Crippen LogP contribution < -0.4 is 20.9 Å². The number of ether oxygens (including phenoxy) is 1. The SMILES string of the molecule is COC1CN(C(=O)c2ccccc2)c2ccc(Cl)cc2C(CC(=O)NC2CCNCC2)C1NC(=O)c1ccccc1C. The van der Waals surface area contributed by atoms with Gasteiger partial charge in [0.1, 0.15) is 0 Å². The lowest BCUT2D eigenvalue weighted by molar-refractivity contribution is -0.122. The summed E-state index contributed by atoms with van der Waals surface area (Å²) in [6.45, 7) is 3.76. The average molecular weight is 589 g/mol. The number of rotatable bonds is 7. The van der Waals surface area contributed by atoms with E-state index in [4.69, 9.17) is 16.3 Å². The summed E-state index contributed by atoms with van der Waals surface area (Å²) in [6.07, 6.45) is 1.18. The Morgan fingerprint density at radius 1 is 0.976 bits per heavy atom. The van der Waals surface area contributed by atoms with E-state index in [-0.39, 0.29) is 36.7 Å². The third kappa shape index (κ3) is 6.67. The van der Waals surface area contributed by atoms with Gasteiger partial charge in [0.05, 0.1) is 18.7 Å². The van der Waals surface area contributed by atoms with Crippen molar-refractivity contribution in [3.63, 3.8) is 0 Å². The molecular weight excluding hydrogens is 552 g/mol. The molecule has 9 heteroatoms. The van der Waals surface area contributed by atoms with Gasteiger partial charge in [-0.15, -0.1) is 0 Å². The summed E-state index contributed by atoms with van der Waals surface area (Å²) < 4.78 is 6.01. The molecule has 1 fully saturated rings. The minimum Gasteiger partial charge on any atom is -0.377 e. The number of hydrogen-bond donors (Lipinski definition) is 3. The maximum atomic E-state index is 13.9. The molecule has 3 unspecified atom stereocenters. The standard InChI is InChI=1S/C33H37ClN4O4/c1-21-8-6-7-11-25(21)32(40)37-31-27(19-30(39)36-24-14-16-35-17-15-24)26-18-23(34)12-13-28(26)38(20-29(31)42-2)33(41)22-9-4-3-5-10-22/h3-13,18,24,27,29,31,35H,14-17,19-20H2,1-2H3,(H,36,39)(H,37,40). The zero-order valence-electron chi connectivity index (χ0n) is 23.9. The molecule has 3 aromatic rings. The van der Waals surface area contributed by atoms with E-state index >= 15 is 0 Å². The monoisotopic (exact) mass is 588 g/mol. The number of aryl methyl sites for hydroxylation is 1. The number of hydrogen-bond acceptors (Lipinski definition) is 5. The lowest BCUT2D eigenvalue weighted by Gasteiger charge is -2.33. The maximum Gasteiger partial charge on any atom is 0.258 e. The molecule has 0 spiro atoms. The summed E-state index contributed by atoms with van der Waals surface area (Å²) in [5.74, 6) is -1.11. The summed E-state index contributed by atoms with van der Waals surface area (Å²) in [6, 6.07) is 21.2. The third-order valence-corrected chi connectivity index (χ3v) is 8.48. The highest BCUT2D eigenvalue weighted by molar-refractivity contribution is 6.30. The number of anilines is 1. The van der Waals surface area contributed by atoms with E-state index in [9.17, 15) is 14.4 Å². The molecule has 3 aromatic carbocycles. The van der Waals surface area contributed by atoms with Crippen LogP contribution in [0.3, 0.4) is 0 Å². The van der Waals surface area contributed by atoms with Gasteiger partial charge in [-0.2, -0.15) is 0 Å². The van der Waals surface area contributed by atoms with Crippen LogP contribution in [0.15, 0.2) is 72.8 Å². The van der Waals surface area contributed by atoms with Crippen LogP contribution in [-0.2, 0) is 9.53 Å². The Bertz CT molecular complexity index is 1430. The lowest BCUT2D eigenvalue weighted by atomic mass is 9.85. The first kappa shape index (κ1) is 29.8. The smallest absolute Gasteiger partial charge is 0.258 e. The van der Waals surface area contributed by atoms with Crippen LogP contribution in [0.4, 0.5) is 5.69 Å². The zero-order chi connectivity index (χ0) is 29.6. The number of nitrogens with zero attached hydrogens (tertiary/aromatic N) is 1. The molecule has 2 heterocycles. The van der Waals surface area contributed by atoms with Gasteiger partial charge in [0.2, 0.25) is 5.91 Å². The second kappa shape index (κ2) is 13.5. The maximum absolute atomic E-state index is 13.9. The first-order valence-corrected chi connectivity index (χ1v) is 14.8. The van der Waals surface area contributed by atoms with Crippen molar-refractivity contribution in [3.8, 4) is 0 Å². The molecule has 3 atom stereocenters. The highest BCUT2D eigenvalue weighted by Crippen LogP contribution is 2.40. The number of benzene rings is 3. The van der Waals surface area contributed by atoms with Crippen molar-refractivity contribution in [2.75, 3.05) is 31.6 Å². The Morgan fingerprint density at radius 2 is 1.69 bits per heavy atom. The Labute approximate surface area is 251 Å². The number of piperidine rings is 1. The summed E-state index contributed by atoms with van der Waals surface area (Å²) in [4.78, 5) is 42.9. The Morgan fingerprint density at radius 3 is 2.40 bits per heavy atom. The van der Waals surface area contributed by atoms with E-state index in [1.54, 1.807) is 42.3 Å². The van der Waals surface area contributed by atoms with Crippen LogP contribution >= 0.6 is 11.6 Å². The normalized spacial score (nSPS) is 20.7. The molecule has 8 nitrogen and oxygen atoms in total. The van der Waals surface area contributed by atoms with Gasteiger partial charge in [0.25, 0.3) is 11.8 Å². The molecule has 2 aliphatic heterocycles. The fraction of sp³-hybridized carbons (Fsp3) is 0.364. The van der Waals surface area contributed by atoms with Crippen molar-refractivity contribution >= 4 is 35.0 Å². The van der Waals surface area contributed by atoms with Gasteiger partial charge in [-0.25, -0.2) is 0 Å². The lowest BCUT2D eigenvalue weighted by Crippen LogP contribution is -2.52. The van der Waals surface area contributed by atoms with E-state index in [1.165, 1.54) is 0 Å². The van der Waals surface area contributed by atoms with Gasteiger partial charge in [0.15, 0.2) is 0 Å². The van der Waals surface area contributed by atoms with Crippen molar-refractivity contribution in [2.24, 2.45) is 0 Å². The summed E-state index contributed by atoms with van der Waals surface area (Å²) in [7, 11) is 1.57. The molecule has 0 aliphatic carbocycles. The van der Waals surface area contributed by atoms with Gasteiger partial charge >= 0.3 is 0 Å². The van der Waals surface area contributed by atoms with Crippen LogP contribution in [-0.4, -0.2) is 62.7 Å². The number of nitrogens with one attached hydrogen (secondary N) is 3. The number of halogens is 1. The molecule has 3 N–H and O–H groups in total. The predicted molar refractivity (Wildman–Crippen MR) is 164 cm³/mol. The number of carbonyl (C=O) groups is 3. The molecular formula is C33H37ClN4O4. The van der Waals surface area contributed by atoms with Gasteiger partial charge in [0, 0.05) is 47.3 Å². The average Bonchev–Trinajstić information content (AvgIpc) is 3.12. The second-order valence-corrected chi connectivity index (χ2v) is 11.4. The molecule has 220 valence electrons. The molecule has 0 aromatic heterocycles. The molecule has 0 radical (unpaired) electrons. The second-order valence-electron chi connectivity index (χ2n) is 11.0. The summed E-state index contributed by atoms with van der Waals surface area (Å²) >= 11 is 6.54. The molecule has 2 aliphatic rings. The third-order valence-electron chi connectivity index (χ3n) is 8.24. The highest BCUT2D eigenvalue weighted by atomic mass is 35.5. The predicted octanol–water partition coefficient (Wildman–Crippen LogP) is 4.46. The van der Waals surface area contributed by atoms with Gasteiger partial charge < -0.3 is 25.6 Å². The van der Waals surface area contributed by atoms with Gasteiger partial charge in [-0.3, -0.25) is 14.4 Å². The van der Waals surface area contributed by atoms with Gasteiger partial charge in [-0.1, -0.05) is 48.0 Å². The zero-order valence-corrected chi connectivity index (χ0v) is 24.7. The summed E-state index contributed by atoms with van der Waals surface area (Å²) in [5.41, 5.74) is 3.25. The van der Waals surface area contributed by atoms with E-state index in [0.717, 1.165) is 31.5 Å². The minimum atomic E-state index is -0.633. The van der Waals surface area contributed by atoms with Crippen molar-refractivity contribution in [2.45, 2.75) is 50.3 Å². The van der Waals surface area contributed by atoms with Crippen LogP contribution in [0.2, 0.25) is 5.02 Å². The highest BCUT2D eigenvalue weighted by Gasteiger charge is 2.41. The number of carbonyl (C=O) groups excluding carboxylic acids is 3. The Hall–Kier alpha value is -3.72. The Balaban J connectivity index is 1.57. The van der Waals surface area contributed by atoms with Gasteiger partial charge in [-0.05, 0) is 80.4 Å². The Kier molecular flexibility index (Phi) is 9.57. The van der Waals surface area contributed by atoms with Crippen molar-refractivity contribution in [3.05, 3.63) is 100 Å². The molecule has 0 bridgehead atoms. The van der Waals surface area contributed by atoms with Crippen molar-refractivity contribution < 1.29 is 19.1 Å². The van der Waals surface area contributed by atoms with Crippen LogP contribution in [0.5, 0.6) is 0 Å². The fourth-order valence-electron chi connectivity index (χ4n) is 6.00. The first-order chi connectivity index (χ1) is 20.4. The molecule has 5 rings (SSSR count). The van der Waals surface area contributed by atoms with Crippen LogP contribution in [0.1, 0.15) is 57.0 Å². The van der Waals surface area contributed by atoms with Crippen molar-refractivity contribution in [1.29, 1.82) is 0 Å². The quantitative estimate of drug-likeness (QED) is 0.378. The summed E-state index contributed by atoms with van der Waals surface area (Å²) in [5, 5.41) is 10.2. The number of methoxy groups -OCH3 is 1. The molecule has 1 saturated heterocycles. The van der Waals surface area contributed by atoms with Crippen LogP contribution in [0.25, 0.3) is 0 Å². The van der Waals surface area contributed by atoms with Crippen LogP contribution in [0, 0.1) is 6.92 Å².